The smallest absolute Gasteiger partial charge is 0.273 e. The Morgan fingerprint density at radius 2 is 1.84 bits per heavy atom. The lowest BCUT2D eigenvalue weighted by Crippen LogP contribution is -2.34. The summed E-state index contributed by atoms with van der Waals surface area (Å²) in [5.74, 6) is 0.0324. The van der Waals surface area contributed by atoms with Gasteiger partial charge in [-0.3, -0.25) is 14.6 Å². The standard InChI is InChI=1S/C18H19N5O2/c1-12-3-4-13(10-19-12)9-14-5-7-16(20-11-14)21-18(25)15-6-8-17(24)23(2)22-15/h3-5,7,10-11H,6,8-9H2,1-2H3,(H,20,21,25). The number of nitrogens with one attached hydrogen (secondary N) is 1. The van der Waals surface area contributed by atoms with E-state index in [4.69, 9.17) is 0 Å². The van der Waals surface area contributed by atoms with E-state index in [0.29, 0.717) is 24.4 Å². The summed E-state index contributed by atoms with van der Waals surface area (Å²) in [6, 6.07) is 7.69. The molecule has 128 valence electrons. The van der Waals surface area contributed by atoms with Gasteiger partial charge in [-0.25, -0.2) is 9.99 Å². The van der Waals surface area contributed by atoms with Crippen molar-refractivity contribution in [3.63, 3.8) is 0 Å². The van der Waals surface area contributed by atoms with Gasteiger partial charge in [0.05, 0.1) is 0 Å². The molecular formula is C18H19N5O2. The Hall–Kier alpha value is -3.09. The molecule has 1 aliphatic rings. The van der Waals surface area contributed by atoms with Gasteiger partial charge in [0, 0.05) is 44.4 Å². The fraction of sp³-hybridized carbons (Fsp3) is 0.278. The van der Waals surface area contributed by atoms with Crippen molar-refractivity contribution < 1.29 is 9.59 Å². The second-order valence-electron chi connectivity index (χ2n) is 5.95. The molecule has 7 nitrogen and oxygen atoms in total. The van der Waals surface area contributed by atoms with Gasteiger partial charge in [-0.2, -0.15) is 5.10 Å². The minimum absolute atomic E-state index is 0.0929. The predicted molar refractivity (Wildman–Crippen MR) is 94.1 cm³/mol. The highest BCUT2D eigenvalue weighted by Crippen LogP contribution is 2.12. The Labute approximate surface area is 145 Å². The summed E-state index contributed by atoms with van der Waals surface area (Å²) in [6.07, 6.45) is 4.94. The summed E-state index contributed by atoms with van der Waals surface area (Å²) in [4.78, 5) is 32.1. The molecule has 0 bridgehead atoms. The number of carbonyl (C=O) groups is 2. The van der Waals surface area contributed by atoms with Gasteiger partial charge in [0.25, 0.3) is 5.91 Å². The van der Waals surface area contributed by atoms with E-state index in [0.717, 1.165) is 23.2 Å². The maximum Gasteiger partial charge on any atom is 0.273 e. The number of aromatic nitrogens is 2. The minimum Gasteiger partial charge on any atom is -0.305 e. The molecular weight excluding hydrogens is 318 g/mol. The van der Waals surface area contributed by atoms with Gasteiger partial charge in [0.15, 0.2) is 0 Å². The van der Waals surface area contributed by atoms with Crippen molar-refractivity contribution >= 4 is 23.3 Å². The first kappa shape index (κ1) is 16.8. The van der Waals surface area contributed by atoms with E-state index >= 15 is 0 Å². The third-order valence-corrected chi connectivity index (χ3v) is 3.92. The molecule has 0 aliphatic carbocycles. The Kier molecular flexibility index (Phi) is 4.83. The topological polar surface area (TPSA) is 87.5 Å². The lowest BCUT2D eigenvalue weighted by Gasteiger charge is -2.18. The summed E-state index contributed by atoms with van der Waals surface area (Å²) in [6.45, 7) is 1.95. The number of pyridine rings is 2. The predicted octanol–water partition coefficient (Wildman–Crippen LogP) is 1.92. The van der Waals surface area contributed by atoms with Crippen LogP contribution in [0.3, 0.4) is 0 Å². The van der Waals surface area contributed by atoms with Crippen LogP contribution in [-0.4, -0.2) is 39.6 Å². The van der Waals surface area contributed by atoms with Crippen LogP contribution in [0.1, 0.15) is 29.7 Å². The first-order valence-electron chi connectivity index (χ1n) is 8.03. The highest BCUT2D eigenvalue weighted by Gasteiger charge is 2.22. The van der Waals surface area contributed by atoms with E-state index in [9.17, 15) is 9.59 Å². The molecule has 0 fully saturated rings. The molecule has 2 amide bonds. The Bertz CT molecular complexity index is 812. The fourth-order valence-electron chi connectivity index (χ4n) is 2.46. The summed E-state index contributed by atoms with van der Waals surface area (Å²) < 4.78 is 0. The van der Waals surface area contributed by atoms with Crippen molar-refractivity contribution in [2.24, 2.45) is 5.10 Å². The van der Waals surface area contributed by atoms with Crippen LogP contribution in [0.2, 0.25) is 0 Å². The molecule has 0 saturated heterocycles. The first-order valence-corrected chi connectivity index (χ1v) is 8.03. The number of aryl methyl sites for hydroxylation is 1. The van der Waals surface area contributed by atoms with Crippen molar-refractivity contribution in [1.82, 2.24) is 15.0 Å². The van der Waals surface area contributed by atoms with Gasteiger partial charge in [0.2, 0.25) is 5.91 Å². The van der Waals surface area contributed by atoms with Crippen molar-refractivity contribution in [3.8, 4) is 0 Å². The van der Waals surface area contributed by atoms with Crippen molar-refractivity contribution in [2.75, 3.05) is 12.4 Å². The Morgan fingerprint density at radius 1 is 1.12 bits per heavy atom. The van der Waals surface area contributed by atoms with Crippen LogP contribution < -0.4 is 5.32 Å². The van der Waals surface area contributed by atoms with Gasteiger partial charge in [-0.1, -0.05) is 12.1 Å². The molecule has 0 radical (unpaired) electrons. The van der Waals surface area contributed by atoms with Crippen molar-refractivity contribution in [2.45, 2.75) is 26.2 Å². The lowest BCUT2D eigenvalue weighted by molar-refractivity contribution is -0.130. The van der Waals surface area contributed by atoms with Crippen LogP contribution in [0.5, 0.6) is 0 Å². The first-order chi connectivity index (χ1) is 12.0. The van der Waals surface area contributed by atoms with Crippen molar-refractivity contribution in [3.05, 3.63) is 53.5 Å². The highest BCUT2D eigenvalue weighted by molar-refractivity contribution is 6.43. The van der Waals surface area contributed by atoms with Crippen LogP contribution in [-0.2, 0) is 16.0 Å². The fourth-order valence-corrected chi connectivity index (χ4v) is 2.46. The van der Waals surface area contributed by atoms with Crippen LogP contribution >= 0.6 is 0 Å². The van der Waals surface area contributed by atoms with E-state index in [-0.39, 0.29) is 11.8 Å². The molecule has 0 spiro atoms. The van der Waals surface area contributed by atoms with E-state index in [1.165, 1.54) is 5.01 Å². The zero-order chi connectivity index (χ0) is 17.8. The quantitative estimate of drug-likeness (QED) is 0.923. The van der Waals surface area contributed by atoms with Gasteiger partial charge in [0.1, 0.15) is 11.5 Å². The number of hydrogen-bond acceptors (Lipinski definition) is 5. The summed E-state index contributed by atoms with van der Waals surface area (Å²) in [5.41, 5.74) is 3.45. The third kappa shape index (κ3) is 4.26. The zero-order valence-electron chi connectivity index (χ0n) is 14.2. The largest absolute Gasteiger partial charge is 0.305 e. The molecule has 1 N–H and O–H groups in total. The summed E-state index contributed by atoms with van der Waals surface area (Å²) in [7, 11) is 1.54. The van der Waals surface area contributed by atoms with Gasteiger partial charge in [-0.15, -0.1) is 0 Å². The van der Waals surface area contributed by atoms with Crippen LogP contribution in [0, 0.1) is 6.92 Å². The summed E-state index contributed by atoms with van der Waals surface area (Å²) >= 11 is 0. The number of carbonyl (C=O) groups excluding carboxylic acids is 2. The monoisotopic (exact) mass is 337 g/mol. The highest BCUT2D eigenvalue weighted by atomic mass is 16.2. The average molecular weight is 337 g/mol. The molecule has 0 unspecified atom stereocenters. The minimum atomic E-state index is -0.331. The summed E-state index contributed by atoms with van der Waals surface area (Å²) in [5, 5.41) is 7.91. The maximum absolute atomic E-state index is 12.2. The van der Waals surface area contributed by atoms with E-state index in [1.54, 1.807) is 19.3 Å². The number of amides is 2. The SMILES string of the molecule is Cc1ccc(Cc2ccc(NC(=O)C3=NN(C)C(=O)CC3)nc2)cn1. The normalized spacial score (nSPS) is 14.2. The van der Waals surface area contributed by atoms with Crippen LogP contribution in [0.15, 0.2) is 41.8 Å². The second-order valence-corrected chi connectivity index (χ2v) is 5.95. The second kappa shape index (κ2) is 7.21. The zero-order valence-corrected chi connectivity index (χ0v) is 14.2. The molecule has 0 aromatic carbocycles. The molecule has 0 atom stereocenters. The van der Waals surface area contributed by atoms with E-state index < -0.39 is 0 Å². The molecule has 25 heavy (non-hydrogen) atoms. The number of hydrazone groups is 1. The van der Waals surface area contributed by atoms with Crippen LogP contribution in [0.4, 0.5) is 5.82 Å². The number of hydrogen-bond donors (Lipinski definition) is 1. The van der Waals surface area contributed by atoms with Gasteiger partial charge >= 0.3 is 0 Å². The molecule has 3 heterocycles. The number of rotatable bonds is 4. The molecule has 3 rings (SSSR count). The Balaban J connectivity index is 1.62. The average Bonchev–Trinajstić information content (AvgIpc) is 2.61. The molecule has 0 saturated carbocycles. The number of anilines is 1. The van der Waals surface area contributed by atoms with E-state index in [1.807, 2.05) is 31.3 Å². The van der Waals surface area contributed by atoms with Crippen LogP contribution in [0.25, 0.3) is 0 Å². The van der Waals surface area contributed by atoms with Gasteiger partial charge < -0.3 is 5.32 Å². The van der Waals surface area contributed by atoms with Crippen molar-refractivity contribution in [1.29, 1.82) is 0 Å². The molecule has 1 aliphatic heterocycles. The third-order valence-electron chi connectivity index (χ3n) is 3.92. The lowest BCUT2D eigenvalue weighted by atomic mass is 10.1. The van der Waals surface area contributed by atoms with E-state index in [2.05, 4.69) is 20.4 Å². The number of nitrogens with zero attached hydrogens (tertiary/aromatic N) is 4. The Morgan fingerprint density at radius 3 is 2.44 bits per heavy atom. The molecule has 2 aromatic rings. The molecule has 7 heteroatoms. The van der Waals surface area contributed by atoms with Gasteiger partial charge in [-0.05, 0) is 30.2 Å². The maximum atomic E-state index is 12.2. The molecule has 2 aromatic heterocycles.